The summed E-state index contributed by atoms with van der Waals surface area (Å²) in [6.07, 6.45) is 0.807. The Morgan fingerprint density at radius 3 is 2.71 bits per heavy atom. The molecule has 0 aromatic carbocycles. The van der Waals surface area contributed by atoms with Crippen LogP contribution < -0.4 is 5.32 Å². The molecule has 1 aromatic rings. The van der Waals surface area contributed by atoms with E-state index in [0.29, 0.717) is 24.2 Å². The zero-order chi connectivity index (χ0) is 12.9. The molecular weight excluding hydrogens is 218 g/mol. The SMILES string of the molecule is CCC(C)(OC)c1noc(CNCC(C)C)n1. The molecule has 1 N–H and O–H groups in total. The van der Waals surface area contributed by atoms with Crippen LogP contribution in [0.25, 0.3) is 0 Å². The van der Waals surface area contributed by atoms with E-state index in [1.54, 1.807) is 7.11 Å². The van der Waals surface area contributed by atoms with Crippen molar-refractivity contribution in [2.45, 2.75) is 46.3 Å². The predicted octanol–water partition coefficient (Wildman–Crippen LogP) is 2.09. The van der Waals surface area contributed by atoms with E-state index in [9.17, 15) is 0 Å². The molecule has 0 spiro atoms. The van der Waals surface area contributed by atoms with Gasteiger partial charge in [-0.3, -0.25) is 0 Å². The Labute approximate surface area is 103 Å². The number of methoxy groups -OCH3 is 1. The molecule has 0 saturated heterocycles. The summed E-state index contributed by atoms with van der Waals surface area (Å²) in [5, 5.41) is 7.24. The third-order valence-corrected chi connectivity index (χ3v) is 2.90. The highest BCUT2D eigenvalue weighted by atomic mass is 16.5. The van der Waals surface area contributed by atoms with Gasteiger partial charge in [-0.05, 0) is 25.8 Å². The van der Waals surface area contributed by atoms with E-state index < -0.39 is 5.60 Å². The third-order valence-electron chi connectivity index (χ3n) is 2.90. The first-order valence-corrected chi connectivity index (χ1v) is 6.10. The Kier molecular flexibility index (Phi) is 5.08. The van der Waals surface area contributed by atoms with Gasteiger partial charge in [0, 0.05) is 7.11 Å². The summed E-state index contributed by atoms with van der Waals surface area (Å²) in [7, 11) is 1.66. The molecule has 17 heavy (non-hydrogen) atoms. The fraction of sp³-hybridized carbons (Fsp3) is 0.833. The minimum absolute atomic E-state index is 0.459. The number of ether oxygens (including phenoxy) is 1. The molecule has 1 unspecified atom stereocenters. The van der Waals surface area contributed by atoms with Gasteiger partial charge in [0.2, 0.25) is 11.7 Å². The molecule has 0 amide bonds. The summed E-state index contributed by atoms with van der Waals surface area (Å²) in [5.74, 6) is 1.83. The Balaban J connectivity index is 2.59. The van der Waals surface area contributed by atoms with Crippen LogP contribution in [0, 0.1) is 5.92 Å². The number of hydrogen-bond acceptors (Lipinski definition) is 5. The van der Waals surface area contributed by atoms with E-state index in [-0.39, 0.29) is 0 Å². The standard InChI is InChI=1S/C12H23N3O2/c1-6-12(4,16-5)11-14-10(17-15-11)8-13-7-9(2)3/h9,13H,6-8H2,1-5H3. The summed E-state index contributed by atoms with van der Waals surface area (Å²) in [6, 6.07) is 0. The molecule has 0 aliphatic rings. The van der Waals surface area contributed by atoms with Gasteiger partial charge in [-0.15, -0.1) is 0 Å². The molecule has 98 valence electrons. The van der Waals surface area contributed by atoms with Crippen LogP contribution in [0.3, 0.4) is 0 Å². The van der Waals surface area contributed by atoms with Gasteiger partial charge in [-0.1, -0.05) is 25.9 Å². The van der Waals surface area contributed by atoms with Gasteiger partial charge in [0.1, 0.15) is 5.60 Å². The molecule has 1 heterocycles. The van der Waals surface area contributed by atoms with E-state index in [4.69, 9.17) is 9.26 Å². The highest BCUT2D eigenvalue weighted by Crippen LogP contribution is 2.25. The molecular formula is C12H23N3O2. The van der Waals surface area contributed by atoms with Crippen molar-refractivity contribution in [3.63, 3.8) is 0 Å². The zero-order valence-electron chi connectivity index (χ0n) is 11.4. The maximum Gasteiger partial charge on any atom is 0.240 e. The largest absolute Gasteiger partial charge is 0.370 e. The lowest BCUT2D eigenvalue weighted by Crippen LogP contribution is -2.25. The van der Waals surface area contributed by atoms with Crippen molar-refractivity contribution in [3.8, 4) is 0 Å². The van der Waals surface area contributed by atoms with Crippen LogP contribution in [0.4, 0.5) is 0 Å². The van der Waals surface area contributed by atoms with Gasteiger partial charge in [-0.25, -0.2) is 0 Å². The average molecular weight is 241 g/mol. The Hall–Kier alpha value is -0.940. The molecule has 0 aliphatic heterocycles. The number of nitrogens with zero attached hydrogens (tertiary/aromatic N) is 2. The van der Waals surface area contributed by atoms with Gasteiger partial charge in [0.05, 0.1) is 6.54 Å². The highest BCUT2D eigenvalue weighted by Gasteiger charge is 2.29. The number of rotatable bonds is 7. The quantitative estimate of drug-likeness (QED) is 0.792. The monoisotopic (exact) mass is 241 g/mol. The first-order valence-electron chi connectivity index (χ1n) is 6.10. The van der Waals surface area contributed by atoms with Gasteiger partial charge in [-0.2, -0.15) is 4.98 Å². The summed E-state index contributed by atoms with van der Waals surface area (Å²) >= 11 is 0. The second kappa shape index (κ2) is 6.12. The van der Waals surface area contributed by atoms with Crippen LogP contribution in [0.2, 0.25) is 0 Å². The lowest BCUT2D eigenvalue weighted by molar-refractivity contribution is -0.0106. The first-order chi connectivity index (χ1) is 8.01. The average Bonchev–Trinajstić information content (AvgIpc) is 2.77. The summed E-state index contributed by atoms with van der Waals surface area (Å²) in [5.41, 5.74) is -0.459. The lowest BCUT2D eigenvalue weighted by atomic mass is 10.0. The van der Waals surface area contributed by atoms with Crippen LogP contribution in [0.5, 0.6) is 0 Å². The summed E-state index contributed by atoms with van der Waals surface area (Å²) < 4.78 is 10.6. The highest BCUT2D eigenvalue weighted by molar-refractivity contribution is 4.98. The second-order valence-electron chi connectivity index (χ2n) is 4.83. The molecule has 1 atom stereocenters. The van der Waals surface area contributed by atoms with Crippen LogP contribution in [-0.2, 0) is 16.9 Å². The second-order valence-corrected chi connectivity index (χ2v) is 4.83. The molecule has 5 heteroatoms. The Bertz CT molecular complexity index is 332. The first kappa shape index (κ1) is 14.1. The van der Waals surface area contributed by atoms with E-state index in [0.717, 1.165) is 13.0 Å². The number of aromatic nitrogens is 2. The van der Waals surface area contributed by atoms with Crippen molar-refractivity contribution in [1.29, 1.82) is 0 Å². The summed E-state index contributed by atoms with van der Waals surface area (Å²) in [4.78, 5) is 4.36. The van der Waals surface area contributed by atoms with E-state index in [1.807, 2.05) is 13.8 Å². The van der Waals surface area contributed by atoms with Crippen LogP contribution in [-0.4, -0.2) is 23.8 Å². The van der Waals surface area contributed by atoms with Crippen molar-refractivity contribution in [1.82, 2.24) is 15.5 Å². The number of nitrogens with one attached hydrogen (secondary N) is 1. The predicted molar refractivity (Wildman–Crippen MR) is 65.5 cm³/mol. The van der Waals surface area contributed by atoms with Crippen LogP contribution >= 0.6 is 0 Å². The van der Waals surface area contributed by atoms with Crippen molar-refractivity contribution in [3.05, 3.63) is 11.7 Å². The smallest absolute Gasteiger partial charge is 0.240 e. The molecule has 0 bridgehead atoms. The van der Waals surface area contributed by atoms with Gasteiger partial charge in [0.15, 0.2) is 0 Å². The fourth-order valence-corrected chi connectivity index (χ4v) is 1.40. The minimum Gasteiger partial charge on any atom is -0.370 e. The van der Waals surface area contributed by atoms with E-state index in [1.165, 1.54) is 0 Å². The minimum atomic E-state index is -0.459. The van der Waals surface area contributed by atoms with Crippen molar-refractivity contribution in [2.75, 3.05) is 13.7 Å². The maximum atomic E-state index is 5.42. The summed E-state index contributed by atoms with van der Waals surface area (Å²) in [6.45, 7) is 9.86. The van der Waals surface area contributed by atoms with Crippen LogP contribution in [0.1, 0.15) is 45.8 Å². The molecule has 0 fully saturated rings. The van der Waals surface area contributed by atoms with E-state index >= 15 is 0 Å². The normalized spacial score (nSPS) is 15.2. The molecule has 0 aliphatic carbocycles. The topological polar surface area (TPSA) is 60.2 Å². The maximum absolute atomic E-state index is 5.42. The molecule has 1 aromatic heterocycles. The van der Waals surface area contributed by atoms with Crippen molar-refractivity contribution in [2.24, 2.45) is 5.92 Å². The zero-order valence-corrected chi connectivity index (χ0v) is 11.4. The van der Waals surface area contributed by atoms with Crippen molar-refractivity contribution >= 4 is 0 Å². The van der Waals surface area contributed by atoms with Crippen LogP contribution in [0.15, 0.2) is 4.52 Å². The Morgan fingerprint density at radius 1 is 1.47 bits per heavy atom. The van der Waals surface area contributed by atoms with Gasteiger partial charge < -0.3 is 14.6 Å². The van der Waals surface area contributed by atoms with Gasteiger partial charge in [0.25, 0.3) is 0 Å². The Morgan fingerprint density at radius 2 is 2.18 bits per heavy atom. The van der Waals surface area contributed by atoms with Crippen molar-refractivity contribution < 1.29 is 9.26 Å². The van der Waals surface area contributed by atoms with E-state index in [2.05, 4.69) is 29.3 Å². The molecule has 0 radical (unpaired) electrons. The molecule has 1 rings (SSSR count). The fourth-order valence-electron chi connectivity index (χ4n) is 1.40. The number of hydrogen-bond donors (Lipinski definition) is 1. The lowest BCUT2D eigenvalue weighted by Gasteiger charge is -2.21. The molecule has 5 nitrogen and oxygen atoms in total. The van der Waals surface area contributed by atoms with Gasteiger partial charge >= 0.3 is 0 Å². The third kappa shape index (κ3) is 3.78. The molecule has 0 saturated carbocycles.